The highest BCUT2D eigenvalue weighted by Gasteiger charge is 2.20. The number of rotatable bonds is 7. The molecule has 0 aliphatic heterocycles. The van der Waals surface area contributed by atoms with E-state index in [1.54, 1.807) is 0 Å². The van der Waals surface area contributed by atoms with Crippen molar-refractivity contribution < 1.29 is 4.42 Å². The van der Waals surface area contributed by atoms with Crippen LogP contribution in [0.1, 0.15) is 50.2 Å². The largest absolute Gasteiger partial charge is 0.446 e. The minimum Gasteiger partial charge on any atom is -0.446 e. The molecule has 3 rings (SSSR count). The molecular formula is C14H22N2O. The summed E-state index contributed by atoms with van der Waals surface area (Å²) in [5, 5.41) is 3.51. The quantitative estimate of drug-likeness (QED) is 0.737. The van der Waals surface area contributed by atoms with Crippen molar-refractivity contribution in [3.05, 3.63) is 17.8 Å². The van der Waals surface area contributed by atoms with Gasteiger partial charge in [0.25, 0.3) is 0 Å². The Morgan fingerprint density at radius 2 is 2.18 bits per heavy atom. The highest BCUT2D eigenvalue weighted by molar-refractivity contribution is 4.97. The third-order valence-electron chi connectivity index (χ3n) is 3.89. The topological polar surface area (TPSA) is 38.1 Å². The van der Waals surface area contributed by atoms with E-state index in [1.807, 2.05) is 6.20 Å². The molecule has 0 aromatic carbocycles. The van der Waals surface area contributed by atoms with Crippen molar-refractivity contribution in [2.75, 3.05) is 6.54 Å². The van der Waals surface area contributed by atoms with Gasteiger partial charge in [-0.1, -0.05) is 19.3 Å². The highest BCUT2D eigenvalue weighted by Crippen LogP contribution is 2.29. The number of aryl methyl sites for hydroxylation is 1. The molecule has 0 saturated heterocycles. The standard InChI is InChI=1S/C14H22N2O/c1-3-11(4-1)9-13-10-16-14(17-13)5-2-8-15-12-6-7-12/h10-12,15H,1-9H2. The van der Waals surface area contributed by atoms with Gasteiger partial charge in [-0.3, -0.25) is 0 Å². The van der Waals surface area contributed by atoms with Gasteiger partial charge >= 0.3 is 0 Å². The van der Waals surface area contributed by atoms with E-state index in [9.17, 15) is 0 Å². The summed E-state index contributed by atoms with van der Waals surface area (Å²) in [6.07, 6.45) is 12.0. The van der Waals surface area contributed by atoms with Crippen molar-refractivity contribution in [3.63, 3.8) is 0 Å². The predicted molar refractivity (Wildman–Crippen MR) is 66.9 cm³/mol. The lowest BCUT2D eigenvalue weighted by atomic mass is 9.82. The number of hydrogen-bond donors (Lipinski definition) is 1. The van der Waals surface area contributed by atoms with Crippen molar-refractivity contribution in [1.82, 2.24) is 10.3 Å². The lowest BCUT2D eigenvalue weighted by Crippen LogP contribution is -2.17. The SMILES string of the molecule is c1nc(CCCNC2CC2)oc1CC1CCC1. The third-order valence-corrected chi connectivity index (χ3v) is 3.89. The Balaban J connectivity index is 1.36. The van der Waals surface area contributed by atoms with Gasteiger partial charge < -0.3 is 9.73 Å². The maximum absolute atomic E-state index is 5.77. The van der Waals surface area contributed by atoms with Gasteiger partial charge in [-0.2, -0.15) is 0 Å². The van der Waals surface area contributed by atoms with Gasteiger partial charge in [0.1, 0.15) is 5.76 Å². The maximum atomic E-state index is 5.77. The molecule has 1 N–H and O–H groups in total. The second-order valence-corrected chi connectivity index (χ2v) is 5.55. The third kappa shape index (κ3) is 3.32. The van der Waals surface area contributed by atoms with Crippen LogP contribution in [-0.4, -0.2) is 17.6 Å². The molecule has 1 aromatic heterocycles. The van der Waals surface area contributed by atoms with Crippen LogP contribution in [0, 0.1) is 5.92 Å². The van der Waals surface area contributed by atoms with Crippen molar-refractivity contribution in [3.8, 4) is 0 Å². The van der Waals surface area contributed by atoms with Crippen molar-refractivity contribution in [2.45, 2.75) is 57.4 Å². The molecule has 0 amide bonds. The van der Waals surface area contributed by atoms with Gasteiger partial charge in [0.2, 0.25) is 0 Å². The van der Waals surface area contributed by atoms with Crippen LogP contribution in [0.15, 0.2) is 10.6 Å². The molecule has 2 aliphatic carbocycles. The van der Waals surface area contributed by atoms with E-state index in [4.69, 9.17) is 4.42 Å². The zero-order valence-corrected chi connectivity index (χ0v) is 10.5. The van der Waals surface area contributed by atoms with Crippen LogP contribution in [0.5, 0.6) is 0 Å². The summed E-state index contributed by atoms with van der Waals surface area (Å²) in [5.74, 6) is 2.89. The Morgan fingerprint density at radius 1 is 1.29 bits per heavy atom. The van der Waals surface area contributed by atoms with Crippen LogP contribution < -0.4 is 5.32 Å². The first kappa shape index (κ1) is 11.3. The monoisotopic (exact) mass is 234 g/mol. The lowest BCUT2D eigenvalue weighted by molar-refractivity contribution is 0.291. The van der Waals surface area contributed by atoms with Gasteiger partial charge in [-0.25, -0.2) is 4.98 Å². The molecule has 2 saturated carbocycles. The summed E-state index contributed by atoms with van der Waals surface area (Å²) in [5.41, 5.74) is 0. The van der Waals surface area contributed by atoms with Gasteiger partial charge in [-0.05, 0) is 31.7 Å². The molecule has 94 valence electrons. The minimum absolute atomic E-state index is 0.814. The Morgan fingerprint density at radius 3 is 2.88 bits per heavy atom. The van der Waals surface area contributed by atoms with Gasteiger partial charge in [0.05, 0.1) is 6.20 Å². The molecule has 0 atom stereocenters. The van der Waals surface area contributed by atoms with Gasteiger partial charge in [0, 0.05) is 18.9 Å². The van der Waals surface area contributed by atoms with Crippen molar-refractivity contribution in [2.24, 2.45) is 5.92 Å². The predicted octanol–water partition coefficient (Wildman–Crippen LogP) is 2.70. The molecule has 1 aromatic rings. The molecule has 2 aliphatic rings. The number of oxazole rings is 1. The van der Waals surface area contributed by atoms with Crippen LogP contribution >= 0.6 is 0 Å². The fourth-order valence-electron chi connectivity index (χ4n) is 2.37. The van der Waals surface area contributed by atoms with Gasteiger partial charge in [-0.15, -0.1) is 0 Å². The van der Waals surface area contributed by atoms with E-state index in [0.717, 1.165) is 49.4 Å². The molecule has 0 bridgehead atoms. The summed E-state index contributed by atoms with van der Waals surface area (Å²) < 4.78 is 5.77. The molecule has 0 spiro atoms. The van der Waals surface area contributed by atoms with Crippen LogP contribution in [0.25, 0.3) is 0 Å². The zero-order chi connectivity index (χ0) is 11.5. The fraction of sp³-hybridized carbons (Fsp3) is 0.786. The Bertz CT molecular complexity index is 353. The van der Waals surface area contributed by atoms with Crippen LogP contribution in [-0.2, 0) is 12.8 Å². The van der Waals surface area contributed by atoms with E-state index in [0.29, 0.717) is 0 Å². The maximum Gasteiger partial charge on any atom is 0.194 e. The highest BCUT2D eigenvalue weighted by atomic mass is 16.4. The van der Waals surface area contributed by atoms with E-state index >= 15 is 0 Å². The zero-order valence-electron chi connectivity index (χ0n) is 10.5. The van der Waals surface area contributed by atoms with E-state index in [2.05, 4.69) is 10.3 Å². The first-order chi connectivity index (χ1) is 8.40. The first-order valence-corrected chi connectivity index (χ1v) is 7.07. The van der Waals surface area contributed by atoms with Crippen molar-refractivity contribution in [1.29, 1.82) is 0 Å². The second-order valence-electron chi connectivity index (χ2n) is 5.55. The number of aromatic nitrogens is 1. The second kappa shape index (κ2) is 5.21. The number of nitrogens with zero attached hydrogens (tertiary/aromatic N) is 1. The lowest BCUT2D eigenvalue weighted by Gasteiger charge is -2.23. The minimum atomic E-state index is 0.814. The summed E-state index contributed by atoms with van der Waals surface area (Å²) in [6.45, 7) is 1.10. The van der Waals surface area contributed by atoms with E-state index in [1.165, 1.54) is 32.1 Å². The molecule has 1 heterocycles. The molecule has 3 nitrogen and oxygen atoms in total. The molecule has 17 heavy (non-hydrogen) atoms. The smallest absolute Gasteiger partial charge is 0.194 e. The summed E-state index contributed by atoms with van der Waals surface area (Å²) >= 11 is 0. The molecule has 3 heteroatoms. The van der Waals surface area contributed by atoms with Gasteiger partial charge in [0.15, 0.2) is 5.89 Å². The average Bonchev–Trinajstić information content (AvgIpc) is 2.99. The van der Waals surface area contributed by atoms with E-state index in [-0.39, 0.29) is 0 Å². The number of nitrogens with one attached hydrogen (secondary N) is 1. The summed E-state index contributed by atoms with van der Waals surface area (Å²) in [6, 6.07) is 0.814. The number of hydrogen-bond acceptors (Lipinski definition) is 3. The van der Waals surface area contributed by atoms with Crippen molar-refractivity contribution >= 4 is 0 Å². The Kier molecular flexibility index (Phi) is 3.46. The Labute approximate surface area is 103 Å². The van der Waals surface area contributed by atoms with E-state index < -0.39 is 0 Å². The Hall–Kier alpha value is -0.830. The first-order valence-electron chi connectivity index (χ1n) is 7.07. The summed E-state index contributed by atoms with van der Waals surface area (Å²) in [4.78, 5) is 4.37. The average molecular weight is 234 g/mol. The van der Waals surface area contributed by atoms with Crippen LogP contribution in [0.2, 0.25) is 0 Å². The molecule has 2 fully saturated rings. The fourth-order valence-corrected chi connectivity index (χ4v) is 2.37. The normalized spacial score (nSPS) is 20.5. The molecule has 0 radical (unpaired) electrons. The molecule has 0 unspecified atom stereocenters. The summed E-state index contributed by atoms with van der Waals surface area (Å²) in [7, 11) is 0. The van der Waals surface area contributed by atoms with Crippen LogP contribution in [0.3, 0.4) is 0 Å². The molecular weight excluding hydrogens is 212 g/mol. The van der Waals surface area contributed by atoms with Crippen LogP contribution in [0.4, 0.5) is 0 Å².